The van der Waals surface area contributed by atoms with Gasteiger partial charge in [0.25, 0.3) is 0 Å². The van der Waals surface area contributed by atoms with Crippen molar-refractivity contribution in [3.05, 3.63) is 23.4 Å². The van der Waals surface area contributed by atoms with Gasteiger partial charge in [0.05, 0.1) is 5.02 Å². The summed E-state index contributed by atoms with van der Waals surface area (Å²) in [5.74, 6) is 0.439. The SMILES string of the molecule is Nc1ccc(Cl)[c]n1. The second kappa shape index (κ2) is 2.01. The van der Waals surface area contributed by atoms with E-state index in [-0.39, 0.29) is 0 Å². The van der Waals surface area contributed by atoms with E-state index in [1.807, 2.05) is 0 Å². The number of hydrogen-bond acceptors (Lipinski definition) is 2. The number of aromatic nitrogens is 1. The quantitative estimate of drug-likeness (QED) is 0.567. The number of anilines is 1. The van der Waals surface area contributed by atoms with Crippen molar-refractivity contribution in [1.29, 1.82) is 0 Å². The van der Waals surface area contributed by atoms with Crippen LogP contribution in [0.4, 0.5) is 5.82 Å². The molecule has 0 bridgehead atoms. The zero-order chi connectivity index (χ0) is 5.98. The standard InChI is InChI=1S/C5H4ClN2/c6-4-1-2-5(7)8-3-4/h1-2H,(H2,7,8). The van der Waals surface area contributed by atoms with Gasteiger partial charge in [-0.15, -0.1) is 0 Å². The molecule has 1 radical (unpaired) electrons. The molecule has 0 atom stereocenters. The summed E-state index contributed by atoms with van der Waals surface area (Å²) < 4.78 is 0. The Kier molecular flexibility index (Phi) is 1.35. The maximum Gasteiger partial charge on any atom is 0.124 e. The van der Waals surface area contributed by atoms with Gasteiger partial charge < -0.3 is 5.73 Å². The molecule has 8 heavy (non-hydrogen) atoms. The number of rotatable bonds is 0. The van der Waals surface area contributed by atoms with Gasteiger partial charge in [0.15, 0.2) is 0 Å². The molecular weight excluding hydrogens is 124 g/mol. The predicted molar refractivity (Wildman–Crippen MR) is 32.5 cm³/mol. The third-order valence-electron chi connectivity index (χ3n) is 0.692. The Hall–Kier alpha value is -0.760. The van der Waals surface area contributed by atoms with Gasteiger partial charge in [-0.2, -0.15) is 0 Å². The van der Waals surface area contributed by atoms with Gasteiger partial charge in [0, 0.05) is 0 Å². The normalized spacial score (nSPS) is 9.12. The lowest BCUT2D eigenvalue weighted by molar-refractivity contribution is 1.32. The molecule has 1 aromatic rings. The van der Waals surface area contributed by atoms with Crippen molar-refractivity contribution in [2.45, 2.75) is 0 Å². The van der Waals surface area contributed by atoms with Crippen LogP contribution in [-0.4, -0.2) is 4.98 Å². The van der Waals surface area contributed by atoms with Gasteiger partial charge >= 0.3 is 0 Å². The van der Waals surface area contributed by atoms with Crippen LogP contribution in [0.15, 0.2) is 12.1 Å². The molecule has 0 aliphatic rings. The van der Waals surface area contributed by atoms with Crippen LogP contribution in [0.3, 0.4) is 0 Å². The van der Waals surface area contributed by atoms with E-state index in [0.29, 0.717) is 10.8 Å². The number of halogens is 1. The summed E-state index contributed by atoms with van der Waals surface area (Å²) >= 11 is 5.44. The van der Waals surface area contributed by atoms with Crippen LogP contribution in [-0.2, 0) is 0 Å². The van der Waals surface area contributed by atoms with Gasteiger partial charge in [-0.1, -0.05) is 11.6 Å². The molecule has 0 aliphatic carbocycles. The lowest BCUT2D eigenvalue weighted by Gasteiger charge is -1.86. The summed E-state index contributed by atoms with van der Waals surface area (Å²) in [5, 5.41) is 0.485. The van der Waals surface area contributed by atoms with Crippen LogP contribution in [0.5, 0.6) is 0 Å². The first kappa shape index (κ1) is 5.38. The third-order valence-corrected chi connectivity index (χ3v) is 0.903. The van der Waals surface area contributed by atoms with E-state index < -0.39 is 0 Å². The maximum absolute atomic E-state index is 5.44. The molecule has 0 spiro atoms. The lowest BCUT2D eigenvalue weighted by Crippen LogP contribution is -1.86. The first-order chi connectivity index (χ1) is 3.79. The van der Waals surface area contributed by atoms with Gasteiger partial charge in [-0.3, -0.25) is 0 Å². The van der Waals surface area contributed by atoms with Gasteiger partial charge in [0.2, 0.25) is 0 Å². The molecule has 0 unspecified atom stereocenters. The van der Waals surface area contributed by atoms with E-state index in [2.05, 4.69) is 11.2 Å². The fraction of sp³-hybridized carbons (Fsp3) is 0. The Morgan fingerprint density at radius 1 is 1.62 bits per heavy atom. The fourth-order valence-corrected chi connectivity index (χ4v) is 0.456. The fourth-order valence-electron chi connectivity index (χ4n) is 0.351. The molecule has 0 saturated heterocycles. The molecule has 3 heteroatoms. The molecule has 1 aromatic heterocycles. The number of hydrogen-bond donors (Lipinski definition) is 1. The maximum atomic E-state index is 5.44. The highest BCUT2D eigenvalue weighted by atomic mass is 35.5. The Labute approximate surface area is 52.3 Å². The van der Waals surface area contributed by atoms with Crippen molar-refractivity contribution in [1.82, 2.24) is 4.98 Å². The van der Waals surface area contributed by atoms with E-state index in [9.17, 15) is 0 Å². The number of nitrogens with zero attached hydrogens (tertiary/aromatic N) is 1. The Balaban J connectivity index is 3.03. The van der Waals surface area contributed by atoms with Crippen LogP contribution in [0.2, 0.25) is 5.02 Å². The molecule has 1 heterocycles. The summed E-state index contributed by atoms with van der Waals surface area (Å²) in [6.45, 7) is 0. The van der Waals surface area contributed by atoms with Crippen LogP contribution in [0.25, 0.3) is 0 Å². The van der Waals surface area contributed by atoms with Crippen LogP contribution >= 0.6 is 11.6 Å². The zero-order valence-corrected chi connectivity index (χ0v) is 4.81. The average molecular weight is 128 g/mol. The lowest BCUT2D eigenvalue weighted by atomic mass is 10.5. The molecule has 41 valence electrons. The monoisotopic (exact) mass is 127 g/mol. The molecule has 0 saturated carbocycles. The van der Waals surface area contributed by atoms with Crippen molar-refractivity contribution in [3.8, 4) is 0 Å². The van der Waals surface area contributed by atoms with Crippen molar-refractivity contribution in [2.24, 2.45) is 0 Å². The highest BCUT2D eigenvalue weighted by Crippen LogP contribution is 2.04. The highest BCUT2D eigenvalue weighted by Gasteiger charge is 1.84. The van der Waals surface area contributed by atoms with Crippen molar-refractivity contribution >= 4 is 17.4 Å². The van der Waals surface area contributed by atoms with Crippen LogP contribution in [0.1, 0.15) is 0 Å². The topological polar surface area (TPSA) is 38.9 Å². The average Bonchev–Trinajstić information content (AvgIpc) is 1.77. The second-order valence-electron chi connectivity index (χ2n) is 1.33. The number of nitrogens with two attached hydrogens (primary N) is 1. The van der Waals surface area contributed by atoms with Crippen LogP contribution < -0.4 is 5.73 Å². The molecule has 0 aromatic carbocycles. The summed E-state index contributed by atoms with van der Waals surface area (Å²) in [4.78, 5) is 3.60. The molecule has 2 N–H and O–H groups in total. The molecule has 0 fully saturated rings. The molecule has 1 rings (SSSR count). The van der Waals surface area contributed by atoms with E-state index >= 15 is 0 Å². The largest absolute Gasteiger partial charge is 0.384 e. The molecule has 0 amide bonds. The van der Waals surface area contributed by atoms with Gasteiger partial charge in [-0.25, -0.2) is 4.98 Å². The number of pyridine rings is 1. The second-order valence-corrected chi connectivity index (χ2v) is 1.74. The first-order valence-corrected chi connectivity index (χ1v) is 2.46. The molecular formula is C5H4ClN2. The highest BCUT2D eigenvalue weighted by molar-refractivity contribution is 6.30. The molecule has 2 nitrogen and oxygen atoms in total. The van der Waals surface area contributed by atoms with Gasteiger partial charge in [-0.05, 0) is 12.1 Å². The van der Waals surface area contributed by atoms with E-state index in [1.54, 1.807) is 12.1 Å². The zero-order valence-electron chi connectivity index (χ0n) is 4.06. The Bertz CT molecular complexity index is 149. The molecule has 0 aliphatic heterocycles. The van der Waals surface area contributed by atoms with Crippen molar-refractivity contribution in [3.63, 3.8) is 0 Å². The minimum absolute atomic E-state index is 0.439. The van der Waals surface area contributed by atoms with Gasteiger partial charge in [0.1, 0.15) is 12.0 Å². The van der Waals surface area contributed by atoms with Crippen molar-refractivity contribution in [2.75, 3.05) is 5.73 Å². The first-order valence-electron chi connectivity index (χ1n) is 2.09. The van der Waals surface area contributed by atoms with E-state index in [0.717, 1.165) is 0 Å². The minimum Gasteiger partial charge on any atom is -0.384 e. The smallest absolute Gasteiger partial charge is 0.124 e. The third kappa shape index (κ3) is 1.10. The Morgan fingerprint density at radius 2 is 2.38 bits per heavy atom. The van der Waals surface area contributed by atoms with E-state index in [1.165, 1.54) is 0 Å². The summed E-state index contributed by atoms with van der Waals surface area (Å²) in [6, 6.07) is 3.27. The van der Waals surface area contributed by atoms with Crippen molar-refractivity contribution < 1.29 is 0 Å². The summed E-state index contributed by atoms with van der Waals surface area (Å²) in [5.41, 5.74) is 5.23. The van der Waals surface area contributed by atoms with E-state index in [4.69, 9.17) is 17.3 Å². The predicted octanol–water partition coefficient (Wildman–Crippen LogP) is 1.12. The summed E-state index contributed by atoms with van der Waals surface area (Å²) in [6.07, 6.45) is 2.49. The minimum atomic E-state index is 0.439. The number of nitrogen functional groups attached to an aromatic ring is 1. The Morgan fingerprint density at radius 3 is 2.75 bits per heavy atom. The summed E-state index contributed by atoms with van der Waals surface area (Å²) in [7, 11) is 0. The van der Waals surface area contributed by atoms with Crippen LogP contribution in [0, 0.1) is 6.20 Å².